The maximum Gasteiger partial charge on any atom is 0.338 e. The molecule has 2 N–H and O–H groups in total. The highest BCUT2D eigenvalue weighted by Crippen LogP contribution is 2.15. The van der Waals surface area contributed by atoms with Crippen molar-refractivity contribution in [3.63, 3.8) is 0 Å². The Labute approximate surface area is 184 Å². The number of aromatic nitrogens is 1. The number of pyridine rings is 1. The highest BCUT2D eigenvalue weighted by atomic mass is 16.5. The van der Waals surface area contributed by atoms with Gasteiger partial charge in [0.2, 0.25) is 0 Å². The highest BCUT2D eigenvalue weighted by molar-refractivity contribution is 6.04. The summed E-state index contributed by atoms with van der Waals surface area (Å²) in [5, 5.41) is 5.40. The Hall–Kier alpha value is -4.20. The molecule has 1 heterocycles. The van der Waals surface area contributed by atoms with Crippen LogP contribution in [-0.2, 0) is 23.1 Å². The molecular formula is C24H23N3O5. The summed E-state index contributed by atoms with van der Waals surface area (Å²) < 4.78 is 6.28. The van der Waals surface area contributed by atoms with Crippen LogP contribution in [0, 0.1) is 6.92 Å². The molecule has 0 bridgehead atoms. The lowest BCUT2D eigenvalue weighted by Gasteiger charge is -2.12. The van der Waals surface area contributed by atoms with Gasteiger partial charge in [0.25, 0.3) is 17.4 Å². The Bertz CT molecular complexity index is 1200. The number of hydrogen-bond acceptors (Lipinski definition) is 5. The van der Waals surface area contributed by atoms with Crippen molar-refractivity contribution in [2.45, 2.75) is 13.5 Å². The summed E-state index contributed by atoms with van der Waals surface area (Å²) in [5.41, 5.74) is 2.34. The Morgan fingerprint density at radius 2 is 1.72 bits per heavy atom. The molecule has 8 heteroatoms. The zero-order chi connectivity index (χ0) is 23.1. The molecule has 0 unspecified atom stereocenters. The van der Waals surface area contributed by atoms with Crippen molar-refractivity contribution in [3.8, 4) is 0 Å². The molecule has 3 aromatic rings. The molecule has 164 valence electrons. The molecule has 0 aliphatic heterocycles. The molecule has 0 spiro atoms. The van der Waals surface area contributed by atoms with Gasteiger partial charge < -0.3 is 19.9 Å². The Kier molecular flexibility index (Phi) is 7.17. The smallest absolute Gasteiger partial charge is 0.338 e. The van der Waals surface area contributed by atoms with Gasteiger partial charge in [-0.25, -0.2) is 4.79 Å². The first kappa shape index (κ1) is 22.5. The van der Waals surface area contributed by atoms with Crippen molar-refractivity contribution in [2.75, 3.05) is 11.9 Å². The largest absolute Gasteiger partial charge is 0.452 e. The van der Waals surface area contributed by atoms with Crippen LogP contribution in [0.3, 0.4) is 0 Å². The van der Waals surface area contributed by atoms with E-state index in [9.17, 15) is 19.2 Å². The molecule has 0 saturated heterocycles. The predicted octanol–water partition coefficient (Wildman–Crippen LogP) is 2.42. The van der Waals surface area contributed by atoms with E-state index in [2.05, 4.69) is 10.6 Å². The van der Waals surface area contributed by atoms with Crippen molar-refractivity contribution in [1.82, 2.24) is 9.88 Å². The number of rotatable bonds is 7. The first-order valence-corrected chi connectivity index (χ1v) is 9.90. The molecule has 1 aromatic heterocycles. The fourth-order valence-corrected chi connectivity index (χ4v) is 2.85. The third kappa shape index (κ3) is 5.91. The summed E-state index contributed by atoms with van der Waals surface area (Å²) in [6.45, 7) is 1.77. The lowest BCUT2D eigenvalue weighted by molar-refractivity contribution is -0.119. The van der Waals surface area contributed by atoms with E-state index in [-0.39, 0.29) is 22.6 Å². The molecule has 0 aliphatic carbocycles. The highest BCUT2D eigenvalue weighted by Gasteiger charge is 2.15. The number of anilines is 1. The summed E-state index contributed by atoms with van der Waals surface area (Å²) in [6, 6.07) is 16.9. The molecule has 3 rings (SSSR count). The Morgan fingerprint density at radius 3 is 2.44 bits per heavy atom. The molecule has 32 heavy (non-hydrogen) atoms. The number of amides is 2. The van der Waals surface area contributed by atoms with Crippen LogP contribution in [-0.4, -0.2) is 29.0 Å². The zero-order valence-corrected chi connectivity index (χ0v) is 17.8. The first-order valence-electron chi connectivity index (χ1n) is 9.90. The molecule has 8 nitrogen and oxygen atoms in total. The third-order valence-corrected chi connectivity index (χ3v) is 4.69. The molecule has 2 amide bonds. The molecule has 0 saturated carbocycles. The number of aryl methyl sites for hydroxylation is 2. The number of hydrogen-bond donors (Lipinski definition) is 2. The van der Waals surface area contributed by atoms with Crippen LogP contribution >= 0.6 is 0 Å². The van der Waals surface area contributed by atoms with Crippen LogP contribution in [0.5, 0.6) is 0 Å². The van der Waals surface area contributed by atoms with E-state index in [0.29, 0.717) is 12.2 Å². The van der Waals surface area contributed by atoms with Crippen molar-refractivity contribution >= 4 is 23.5 Å². The van der Waals surface area contributed by atoms with Crippen LogP contribution in [0.2, 0.25) is 0 Å². The van der Waals surface area contributed by atoms with Crippen LogP contribution in [0.1, 0.15) is 31.8 Å². The lowest BCUT2D eigenvalue weighted by atomic mass is 10.1. The maximum absolute atomic E-state index is 12.6. The van der Waals surface area contributed by atoms with Gasteiger partial charge in [0.05, 0.1) is 16.8 Å². The molecule has 0 radical (unpaired) electrons. The normalized spacial score (nSPS) is 10.3. The average molecular weight is 433 g/mol. The van der Waals surface area contributed by atoms with Gasteiger partial charge in [-0.15, -0.1) is 0 Å². The van der Waals surface area contributed by atoms with E-state index in [0.717, 1.165) is 17.2 Å². The second kappa shape index (κ2) is 10.2. The number of carbonyl (C=O) groups excluding carboxylic acids is 3. The fourth-order valence-electron chi connectivity index (χ4n) is 2.85. The molecule has 0 atom stereocenters. The standard InChI is InChI=1S/C24H23N3O5/c1-16-7-9-17(10-8-16)14-25-23(30)19-5-3-4-6-20(19)26-21(28)15-32-24(31)18-11-12-27(2)22(29)13-18/h3-13H,14-15H2,1-2H3,(H,25,30)(H,26,28). The number of para-hydroxylation sites is 1. The van der Waals surface area contributed by atoms with Crippen molar-refractivity contribution in [1.29, 1.82) is 0 Å². The monoisotopic (exact) mass is 433 g/mol. The van der Waals surface area contributed by atoms with E-state index in [1.165, 1.54) is 16.8 Å². The van der Waals surface area contributed by atoms with E-state index in [1.807, 2.05) is 31.2 Å². The number of benzene rings is 2. The summed E-state index contributed by atoms with van der Waals surface area (Å²) >= 11 is 0. The Morgan fingerprint density at radius 1 is 1.00 bits per heavy atom. The molecular weight excluding hydrogens is 410 g/mol. The van der Waals surface area contributed by atoms with Gasteiger partial charge in [-0.05, 0) is 30.7 Å². The van der Waals surface area contributed by atoms with Crippen LogP contribution < -0.4 is 16.2 Å². The van der Waals surface area contributed by atoms with Crippen LogP contribution in [0.25, 0.3) is 0 Å². The summed E-state index contributed by atoms with van der Waals surface area (Å²) in [5.74, 6) is -1.75. The van der Waals surface area contributed by atoms with Gasteiger partial charge in [0.15, 0.2) is 6.61 Å². The SMILES string of the molecule is Cc1ccc(CNC(=O)c2ccccc2NC(=O)COC(=O)c2ccn(C)c(=O)c2)cc1. The summed E-state index contributed by atoms with van der Waals surface area (Å²) in [4.78, 5) is 48.6. The maximum atomic E-state index is 12.6. The molecule has 0 fully saturated rings. The molecule has 0 aliphatic rings. The van der Waals surface area contributed by atoms with Crippen LogP contribution in [0.4, 0.5) is 5.69 Å². The van der Waals surface area contributed by atoms with E-state index >= 15 is 0 Å². The number of carbonyl (C=O) groups is 3. The fraction of sp³-hybridized carbons (Fsp3) is 0.167. The second-order valence-electron chi connectivity index (χ2n) is 7.20. The number of esters is 1. The Balaban J connectivity index is 1.58. The summed E-state index contributed by atoms with van der Waals surface area (Å²) in [6.07, 6.45) is 1.43. The average Bonchev–Trinajstić information content (AvgIpc) is 2.79. The van der Waals surface area contributed by atoms with Crippen LogP contribution in [0.15, 0.2) is 71.7 Å². The van der Waals surface area contributed by atoms with Crippen molar-refractivity contribution < 1.29 is 19.1 Å². The minimum absolute atomic E-state index is 0.0526. The van der Waals surface area contributed by atoms with E-state index in [1.54, 1.807) is 31.3 Å². The first-order chi connectivity index (χ1) is 15.3. The minimum atomic E-state index is -0.790. The van der Waals surface area contributed by atoms with Crippen molar-refractivity contribution in [3.05, 3.63) is 99.5 Å². The van der Waals surface area contributed by atoms with Gasteiger partial charge in [-0.3, -0.25) is 14.4 Å². The van der Waals surface area contributed by atoms with Crippen molar-refractivity contribution in [2.24, 2.45) is 7.05 Å². The van der Waals surface area contributed by atoms with E-state index in [4.69, 9.17) is 4.74 Å². The van der Waals surface area contributed by atoms with Gasteiger partial charge in [0, 0.05) is 25.9 Å². The molecule has 2 aromatic carbocycles. The second-order valence-corrected chi connectivity index (χ2v) is 7.20. The topological polar surface area (TPSA) is 106 Å². The van der Waals surface area contributed by atoms with Gasteiger partial charge >= 0.3 is 5.97 Å². The van der Waals surface area contributed by atoms with Gasteiger partial charge in [-0.1, -0.05) is 42.0 Å². The minimum Gasteiger partial charge on any atom is -0.452 e. The zero-order valence-electron chi connectivity index (χ0n) is 17.8. The predicted molar refractivity (Wildman–Crippen MR) is 119 cm³/mol. The summed E-state index contributed by atoms with van der Waals surface area (Å²) in [7, 11) is 1.55. The van der Waals surface area contributed by atoms with Gasteiger partial charge in [0.1, 0.15) is 0 Å². The number of nitrogens with one attached hydrogen (secondary N) is 2. The van der Waals surface area contributed by atoms with E-state index < -0.39 is 18.5 Å². The third-order valence-electron chi connectivity index (χ3n) is 4.69. The number of ether oxygens (including phenoxy) is 1. The lowest BCUT2D eigenvalue weighted by Crippen LogP contribution is -2.26. The quantitative estimate of drug-likeness (QED) is 0.557. The van der Waals surface area contributed by atoms with Gasteiger partial charge in [-0.2, -0.15) is 0 Å². The number of nitrogens with zero attached hydrogens (tertiary/aromatic N) is 1.